The average Bonchev–Trinajstić information content (AvgIpc) is 3.04. The zero-order valence-corrected chi connectivity index (χ0v) is 17.0. The molecule has 1 aromatic heterocycles. The first-order valence-electron chi connectivity index (χ1n) is 8.85. The lowest BCUT2D eigenvalue weighted by Crippen LogP contribution is -2.27. The van der Waals surface area contributed by atoms with E-state index in [0.29, 0.717) is 18.9 Å². The first-order chi connectivity index (χ1) is 13.0. The summed E-state index contributed by atoms with van der Waals surface area (Å²) in [6.07, 6.45) is 0. The molecule has 3 aromatic rings. The van der Waals surface area contributed by atoms with Gasteiger partial charge < -0.3 is 4.74 Å². The van der Waals surface area contributed by atoms with Crippen LogP contribution < -0.4 is 9.46 Å². The third-order valence-electron chi connectivity index (χ3n) is 3.97. The zero-order valence-electron chi connectivity index (χ0n) is 15.4. The molecule has 6 nitrogen and oxygen atoms in total. The van der Waals surface area contributed by atoms with E-state index in [2.05, 4.69) is 9.29 Å². The highest BCUT2D eigenvalue weighted by Gasteiger charge is 2.13. The van der Waals surface area contributed by atoms with Crippen molar-refractivity contribution in [2.75, 3.05) is 24.7 Å². The third-order valence-corrected chi connectivity index (χ3v) is 6.32. The minimum atomic E-state index is -3.18. The lowest BCUT2D eigenvalue weighted by atomic mass is 10.2. The van der Waals surface area contributed by atoms with E-state index < -0.39 is 10.0 Å². The van der Waals surface area contributed by atoms with Gasteiger partial charge in [-0.1, -0.05) is 23.9 Å². The second-order valence-corrected chi connectivity index (χ2v) is 8.95. The molecular weight excluding hydrogens is 382 g/mol. The van der Waals surface area contributed by atoms with Gasteiger partial charge in [-0.25, -0.2) is 18.1 Å². The highest BCUT2D eigenvalue weighted by Crippen LogP contribution is 2.28. The minimum Gasteiger partial charge on any atom is -0.494 e. The molecule has 27 heavy (non-hydrogen) atoms. The van der Waals surface area contributed by atoms with Gasteiger partial charge in [0.25, 0.3) is 0 Å². The lowest BCUT2D eigenvalue weighted by molar-refractivity contribution is 0.340. The molecule has 2 aromatic carbocycles. The molecule has 0 aliphatic rings. The quantitative estimate of drug-likeness (QED) is 0.436. The van der Waals surface area contributed by atoms with E-state index in [1.807, 2.05) is 55.5 Å². The van der Waals surface area contributed by atoms with Gasteiger partial charge in [-0.05, 0) is 50.2 Å². The molecule has 1 N–H and O–H groups in total. The van der Waals surface area contributed by atoms with Crippen molar-refractivity contribution in [1.82, 2.24) is 14.3 Å². The van der Waals surface area contributed by atoms with Gasteiger partial charge in [0.1, 0.15) is 5.75 Å². The van der Waals surface area contributed by atoms with E-state index in [1.165, 1.54) is 11.8 Å². The number of sulfonamides is 1. The summed E-state index contributed by atoms with van der Waals surface area (Å²) in [6.45, 7) is 4.58. The average molecular weight is 406 g/mol. The summed E-state index contributed by atoms with van der Waals surface area (Å²) in [7, 11) is -3.18. The molecule has 0 atom stereocenters. The molecule has 0 aliphatic carbocycles. The number of thioether (sulfide) groups is 1. The van der Waals surface area contributed by atoms with Crippen LogP contribution in [0.4, 0.5) is 0 Å². The van der Waals surface area contributed by atoms with Gasteiger partial charge in [0.2, 0.25) is 10.0 Å². The number of nitrogens with zero attached hydrogens (tertiary/aromatic N) is 2. The summed E-state index contributed by atoms with van der Waals surface area (Å²) < 4.78 is 33.3. The van der Waals surface area contributed by atoms with Crippen LogP contribution in [-0.4, -0.2) is 42.6 Å². The largest absolute Gasteiger partial charge is 0.494 e. The Labute approximate surface area is 164 Å². The standard InChI is InChI=1S/C19H23N3O3S2/c1-3-25-16-11-9-15(10-12-16)22-18-8-6-5-7-17(18)21-19(22)26-14-13-20-27(23,24)4-2/h5-12,20H,3-4,13-14H2,1-2H3. The van der Waals surface area contributed by atoms with Crippen molar-refractivity contribution >= 4 is 32.8 Å². The highest BCUT2D eigenvalue weighted by molar-refractivity contribution is 7.99. The highest BCUT2D eigenvalue weighted by atomic mass is 32.2. The fourth-order valence-corrected chi connectivity index (χ4v) is 4.28. The van der Waals surface area contributed by atoms with E-state index in [4.69, 9.17) is 9.72 Å². The van der Waals surface area contributed by atoms with Crippen LogP contribution in [0, 0.1) is 0 Å². The van der Waals surface area contributed by atoms with Crippen LogP contribution in [-0.2, 0) is 10.0 Å². The predicted octanol–water partition coefficient (Wildman–Crippen LogP) is 3.46. The fraction of sp³-hybridized carbons (Fsp3) is 0.316. The second-order valence-electron chi connectivity index (χ2n) is 5.79. The molecule has 3 rings (SSSR count). The number of fused-ring (bicyclic) bond motifs is 1. The van der Waals surface area contributed by atoms with Crippen molar-refractivity contribution in [2.45, 2.75) is 19.0 Å². The van der Waals surface area contributed by atoms with Gasteiger partial charge in [-0.3, -0.25) is 4.57 Å². The number of hydrogen-bond donors (Lipinski definition) is 1. The number of imidazole rings is 1. The zero-order chi connectivity index (χ0) is 19.3. The third kappa shape index (κ3) is 4.82. The monoisotopic (exact) mass is 405 g/mol. The van der Waals surface area contributed by atoms with Crippen molar-refractivity contribution in [3.63, 3.8) is 0 Å². The molecule has 1 heterocycles. The number of hydrogen-bond acceptors (Lipinski definition) is 5. The Morgan fingerprint density at radius 1 is 1.11 bits per heavy atom. The summed E-state index contributed by atoms with van der Waals surface area (Å²) in [5.74, 6) is 1.51. The summed E-state index contributed by atoms with van der Waals surface area (Å²) in [4.78, 5) is 4.72. The van der Waals surface area contributed by atoms with Crippen LogP contribution in [0.3, 0.4) is 0 Å². The van der Waals surface area contributed by atoms with Crippen LogP contribution in [0.2, 0.25) is 0 Å². The van der Waals surface area contributed by atoms with Crippen LogP contribution >= 0.6 is 11.8 Å². The van der Waals surface area contributed by atoms with Crippen LogP contribution in [0.25, 0.3) is 16.7 Å². The smallest absolute Gasteiger partial charge is 0.211 e. The summed E-state index contributed by atoms with van der Waals surface area (Å²) in [5.41, 5.74) is 2.91. The van der Waals surface area contributed by atoms with Gasteiger partial charge in [0.15, 0.2) is 5.16 Å². The van der Waals surface area contributed by atoms with Gasteiger partial charge in [-0.2, -0.15) is 0 Å². The molecule has 0 amide bonds. The van der Waals surface area contributed by atoms with E-state index in [9.17, 15) is 8.42 Å². The van der Waals surface area contributed by atoms with Gasteiger partial charge in [-0.15, -0.1) is 0 Å². The first kappa shape index (κ1) is 19.7. The van der Waals surface area contributed by atoms with Gasteiger partial charge >= 0.3 is 0 Å². The summed E-state index contributed by atoms with van der Waals surface area (Å²) in [5, 5.41) is 0.830. The number of ether oxygens (including phenoxy) is 1. The number of rotatable bonds is 9. The molecule has 0 aliphatic heterocycles. The maximum absolute atomic E-state index is 11.6. The molecule has 144 valence electrons. The number of aromatic nitrogens is 2. The Morgan fingerprint density at radius 3 is 2.56 bits per heavy atom. The normalized spacial score (nSPS) is 11.8. The molecule has 0 unspecified atom stereocenters. The molecular formula is C19H23N3O3S2. The minimum absolute atomic E-state index is 0.0857. The Morgan fingerprint density at radius 2 is 1.85 bits per heavy atom. The molecule has 0 saturated carbocycles. The Bertz CT molecular complexity index is 999. The maximum Gasteiger partial charge on any atom is 0.211 e. The van der Waals surface area contributed by atoms with E-state index >= 15 is 0 Å². The molecule has 0 spiro atoms. The van der Waals surface area contributed by atoms with E-state index in [-0.39, 0.29) is 5.75 Å². The second kappa shape index (κ2) is 8.77. The van der Waals surface area contributed by atoms with Crippen LogP contribution in [0.15, 0.2) is 53.7 Å². The predicted molar refractivity (Wildman–Crippen MR) is 110 cm³/mol. The van der Waals surface area contributed by atoms with Gasteiger partial charge in [0, 0.05) is 18.0 Å². The molecule has 0 saturated heterocycles. The SMILES string of the molecule is CCOc1ccc(-n2c(SCCNS(=O)(=O)CC)nc3ccccc32)cc1. The van der Waals surface area contributed by atoms with Crippen LogP contribution in [0.1, 0.15) is 13.8 Å². The molecule has 0 radical (unpaired) electrons. The van der Waals surface area contributed by atoms with Crippen molar-refractivity contribution < 1.29 is 13.2 Å². The molecule has 0 fully saturated rings. The van der Waals surface area contributed by atoms with Crippen LogP contribution in [0.5, 0.6) is 5.75 Å². The van der Waals surface area contributed by atoms with Crippen molar-refractivity contribution in [3.8, 4) is 11.4 Å². The lowest BCUT2D eigenvalue weighted by Gasteiger charge is -2.10. The topological polar surface area (TPSA) is 73.2 Å². The van der Waals surface area contributed by atoms with E-state index in [1.54, 1.807) is 6.92 Å². The number of benzene rings is 2. The Balaban J connectivity index is 1.85. The Hall–Kier alpha value is -2.03. The van der Waals surface area contributed by atoms with Crippen molar-refractivity contribution in [1.29, 1.82) is 0 Å². The van der Waals surface area contributed by atoms with Crippen molar-refractivity contribution in [2.24, 2.45) is 0 Å². The summed E-state index contributed by atoms with van der Waals surface area (Å²) in [6, 6.07) is 15.8. The van der Waals surface area contributed by atoms with Crippen molar-refractivity contribution in [3.05, 3.63) is 48.5 Å². The number of para-hydroxylation sites is 2. The molecule has 8 heteroatoms. The number of nitrogens with one attached hydrogen (secondary N) is 1. The first-order valence-corrected chi connectivity index (χ1v) is 11.5. The maximum atomic E-state index is 11.6. The van der Waals surface area contributed by atoms with Gasteiger partial charge in [0.05, 0.1) is 23.4 Å². The molecule has 0 bridgehead atoms. The Kier molecular flexibility index (Phi) is 6.41. The summed E-state index contributed by atoms with van der Waals surface area (Å²) >= 11 is 1.53. The van der Waals surface area contributed by atoms with E-state index in [0.717, 1.165) is 27.6 Å². The fourth-order valence-electron chi connectivity index (χ4n) is 2.65.